The summed E-state index contributed by atoms with van der Waals surface area (Å²) in [6.45, 7) is 7.49. The second-order valence-corrected chi connectivity index (χ2v) is 5.44. The van der Waals surface area contributed by atoms with Crippen LogP contribution in [-0.4, -0.2) is 21.7 Å². The number of para-hydroxylation sites is 1. The van der Waals surface area contributed by atoms with E-state index in [1.807, 2.05) is 38.1 Å². The lowest BCUT2D eigenvalue weighted by atomic mass is 10.0. The molecule has 0 aliphatic carbocycles. The number of allylic oxidation sites excluding steroid dienone is 1. The normalized spacial score (nSPS) is 10.9. The van der Waals surface area contributed by atoms with Crippen LogP contribution < -0.4 is 10.3 Å². The molecule has 3 rings (SSSR count). The van der Waals surface area contributed by atoms with Gasteiger partial charge in [0.25, 0.3) is 5.56 Å². The summed E-state index contributed by atoms with van der Waals surface area (Å²) >= 11 is 0. The molecule has 118 valence electrons. The van der Waals surface area contributed by atoms with E-state index < -0.39 is 0 Å². The summed E-state index contributed by atoms with van der Waals surface area (Å²) in [4.78, 5) is 17.4. The van der Waals surface area contributed by atoms with Crippen molar-refractivity contribution in [1.82, 2.24) is 14.6 Å². The lowest BCUT2D eigenvalue weighted by Crippen LogP contribution is -2.21. The third-order valence-corrected chi connectivity index (χ3v) is 3.99. The molecule has 0 saturated heterocycles. The molecule has 0 fully saturated rings. The van der Waals surface area contributed by atoms with Crippen LogP contribution in [0, 0.1) is 13.8 Å². The number of aryl methyl sites for hydroxylation is 2. The van der Waals surface area contributed by atoms with E-state index in [-0.39, 0.29) is 5.56 Å². The Bertz CT molecular complexity index is 951. The zero-order valence-corrected chi connectivity index (χ0v) is 13.5. The number of nitrogens with zero attached hydrogens (tertiary/aromatic N) is 2. The second kappa shape index (κ2) is 5.76. The highest BCUT2D eigenvalue weighted by Gasteiger charge is 2.19. The summed E-state index contributed by atoms with van der Waals surface area (Å²) < 4.78 is 6.96. The topological polar surface area (TPSA) is 59.4 Å². The minimum absolute atomic E-state index is 0.0864. The summed E-state index contributed by atoms with van der Waals surface area (Å²) in [5.41, 5.74) is 4.57. The molecule has 2 aromatic heterocycles. The molecule has 0 saturated carbocycles. The fourth-order valence-electron chi connectivity index (χ4n) is 2.88. The summed E-state index contributed by atoms with van der Waals surface area (Å²) in [5.74, 6) is 0.749. The second-order valence-electron chi connectivity index (χ2n) is 5.44. The van der Waals surface area contributed by atoms with E-state index >= 15 is 0 Å². The number of rotatable bonds is 4. The number of fused-ring (bicyclic) bond motifs is 1. The van der Waals surface area contributed by atoms with E-state index in [1.54, 1.807) is 13.2 Å². The smallest absolute Gasteiger partial charge is 0.276 e. The number of aromatic nitrogens is 3. The van der Waals surface area contributed by atoms with Gasteiger partial charge in [-0.05, 0) is 26.3 Å². The van der Waals surface area contributed by atoms with Crippen LogP contribution in [0.5, 0.6) is 5.75 Å². The molecule has 1 N–H and O–H groups in total. The van der Waals surface area contributed by atoms with Crippen LogP contribution >= 0.6 is 0 Å². The molecule has 0 radical (unpaired) electrons. The molecule has 23 heavy (non-hydrogen) atoms. The first-order chi connectivity index (χ1) is 11.1. The highest BCUT2D eigenvalue weighted by molar-refractivity contribution is 5.83. The van der Waals surface area contributed by atoms with E-state index in [0.717, 1.165) is 28.3 Å². The minimum atomic E-state index is -0.0864. The van der Waals surface area contributed by atoms with Gasteiger partial charge in [0.2, 0.25) is 0 Å². The first-order valence-corrected chi connectivity index (χ1v) is 7.43. The molecule has 5 nitrogen and oxygen atoms in total. The van der Waals surface area contributed by atoms with Crippen LogP contribution in [0.4, 0.5) is 0 Å². The summed E-state index contributed by atoms with van der Waals surface area (Å²) in [5, 5.41) is 3.12. The van der Waals surface area contributed by atoms with Gasteiger partial charge in [-0.25, -0.2) is 9.50 Å². The van der Waals surface area contributed by atoms with Crippen molar-refractivity contribution in [3.63, 3.8) is 0 Å². The van der Waals surface area contributed by atoms with Crippen LogP contribution in [0.2, 0.25) is 0 Å². The Morgan fingerprint density at radius 1 is 1.35 bits per heavy atom. The zero-order chi connectivity index (χ0) is 16.6. The lowest BCUT2D eigenvalue weighted by molar-refractivity contribution is 0.416. The Morgan fingerprint density at radius 2 is 2.09 bits per heavy atom. The van der Waals surface area contributed by atoms with Crippen LogP contribution in [0.25, 0.3) is 16.8 Å². The van der Waals surface area contributed by atoms with Crippen LogP contribution in [0.3, 0.4) is 0 Å². The summed E-state index contributed by atoms with van der Waals surface area (Å²) in [6, 6.07) is 7.72. The van der Waals surface area contributed by atoms with Gasteiger partial charge in [-0.1, -0.05) is 24.3 Å². The van der Waals surface area contributed by atoms with Crippen LogP contribution in [-0.2, 0) is 6.42 Å². The Labute approximate surface area is 134 Å². The van der Waals surface area contributed by atoms with Crippen molar-refractivity contribution in [3.05, 3.63) is 64.2 Å². The van der Waals surface area contributed by atoms with E-state index in [2.05, 4.69) is 16.7 Å². The van der Waals surface area contributed by atoms with E-state index in [0.29, 0.717) is 17.6 Å². The van der Waals surface area contributed by atoms with E-state index in [9.17, 15) is 4.79 Å². The number of methoxy groups -OCH3 is 1. The molecule has 3 aromatic rings. The first kappa shape index (κ1) is 15.1. The standard InChI is InChI=1S/C18H19N3O2/c1-5-8-13-11(2)19-17-16(12(3)20-21(17)18(13)22)14-9-6-7-10-15(14)23-4/h5-7,9-10,20H,1,8H2,2-4H3. The maximum Gasteiger partial charge on any atom is 0.276 e. The molecule has 0 aliphatic rings. The van der Waals surface area contributed by atoms with Gasteiger partial charge in [-0.3, -0.25) is 9.89 Å². The first-order valence-electron chi connectivity index (χ1n) is 7.43. The molecule has 0 bridgehead atoms. The van der Waals surface area contributed by atoms with Gasteiger partial charge in [0.05, 0.1) is 12.7 Å². The molecule has 0 aliphatic heterocycles. The van der Waals surface area contributed by atoms with Gasteiger partial charge >= 0.3 is 0 Å². The predicted molar refractivity (Wildman–Crippen MR) is 91.2 cm³/mol. The number of nitrogens with one attached hydrogen (secondary N) is 1. The maximum atomic E-state index is 12.7. The number of H-pyrrole nitrogens is 1. The van der Waals surface area contributed by atoms with Gasteiger partial charge in [-0.15, -0.1) is 6.58 Å². The summed E-state index contributed by atoms with van der Waals surface area (Å²) in [6.07, 6.45) is 2.22. The third-order valence-electron chi connectivity index (χ3n) is 3.99. The number of hydrogen-bond donors (Lipinski definition) is 1. The average molecular weight is 309 g/mol. The van der Waals surface area contributed by atoms with E-state index in [4.69, 9.17) is 4.74 Å². The molecule has 0 atom stereocenters. The van der Waals surface area contributed by atoms with Crippen LogP contribution in [0.15, 0.2) is 41.7 Å². The fourth-order valence-corrected chi connectivity index (χ4v) is 2.88. The SMILES string of the molecule is C=CCc1c(C)nc2c(-c3ccccc3OC)c(C)[nH]n2c1=O. The van der Waals surface area contributed by atoms with Gasteiger partial charge < -0.3 is 4.74 Å². The Hall–Kier alpha value is -2.82. The van der Waals surface area contributed by atoms with Crippen molar-refractivity contribution in [2.45, 2.75) is 20.3 Å². The van der Waals surface area contributed by atoms with Crippen molar-refractivity contribution in [3.8, 4) is 16.9 Å². The van der Waals surface area contributed by atoms with Gasteiger partial charge in [0, 0.05) is 22.5 Å². The molecule has 5 heteroatoms. The summed E-state index contributed by atoms with van der Waals surface area (Å²) in [7, 11) is 1.63. The number of aromatic amines is 1. The quantitative estimate of drug-likeness (QED) is 0.754. The van der Waals surface area contributed by atoms with Crippen LogP contribution in [0.1, 0.15) is 17.0 Å². The van der Waals surface area contributed by atoms with Crippen molar-refractivity contribution in [2.75, 3.05) is 7.11 Å². The lowest BCUT2D eigenvalue weighted by Gasteiger charge is -2.08. The number of hydrogen-bond acceptors (Lipinski definition) is 3. The molecule has 0 unspecified atom stereocenters. The average Bonchev–Trinajstić information content (AvgIpc) is 2.87. The van der Waals surface area contributed by atoms with Crippen molar-refractivity contribution in [2.24, 2.45) is 0 Å². The molecular formula is C18H19N3O2. The maximum absolute atomic E-state index is 12.7. The zero-order valence-electron chi connectivity index (χ0n) is 13.5. The predicted octanol–water partition coefficient (Wildman–Crippen LogP) is 3.04. The Balaban J connectivity index is 2.38. The number of benzene rings is 1. The van der Waals surface area contributed by atoms with Gasteiger partial charge in [0.1, 0.15) is 5.75 Å². The highest BCUT2D eigenvalue weighted by Crippen LogP contribution is 2.34. The third kappa shape index (κ3) is 2.34. The molecule has 2 heterocycles. The largest absolute Gasteiger partial charge is 0.496 e. The van der Waals surface area contributed by atoms with Crippen molar-refractivity contribution in [1.29, 1.82) is 0 Å². The van der Waals surface area contributed by atoms with Crippen molar-refractivity contribution < 1.29 is 4.74 Å². The van der Waals surface area contributed by atoms with Gasteiger partial charge in [-0.2, -0.15) is 0 Å². The molecule has 0 spiro atoms. The minimum Gasteiger partial charge on any atom is -0.496 e. The van der Waals surface area contributed by atoms with Crippen molar-refractivity contribution >= 4 is 5.65 Å². The molecular weight excluding hydrogens is 290 g/mol. The molecule has 1 aromatic carbocycles. The monoisotopic (exact) mass is 309 g/mol. The Kier molecular flexibility index (Phi) is 3.78. The van der Waals surface area contributed by atoms with E-state index in [1.165, 1.54) is 4.52 Å². The Morgan fingerprint density at radius 3 is 2.78 bits per heavy atom. The molecule has 0 amide bonds. The fraction of sp³-hybridized carbons (Fsp3) is 0.222. The van der Waals surface area contributed by atoms with Gasteiger partial charge in [0.15, 0.2) is 5.65 Å². The highest BCUT2D eigenvalue weighted by atomic mass is 16.5. The number of ether oxygens (including phenoxy) is 1.